The molecule has 13 heavy (non-hydrogen) atoms. The average molecular weight is 197 g/mol. The number of aromatic nitrogens is 4. The van der Waals surface area contributed by atoms with Crippen molar-refractivity contribution >= 4 is 16.5 Å². The normalized spacial score (nSPS) is 10.2. The summed E-state index contributed by atoms with van der Waals surface area (Å²) in [6.07, 6.45) is 4.19. The van der Waals surface area contributed by atoms with E-state index in [1.165, 1.54) is 23.5 Å². The second-order valence-electron chi connectivity index (χ2n) is 2.08. The SMILES string of the molecule is O=[N+]([O-])c1ncc(-n2cncn2)s1. The summed E-state index contributed by atoms with van der Waals surface area (Å²) in [5.74, 6) is 0. The van der Waals surface area contributed by atoms with Gasteiger partial charge in [0.05, 0.1) is 0 Å². The molecule has 2 aromatic heterocycles. The van der Waals surface area contributed by atoms with Crippen LogP contribution < -0.4 is 0 Å². The first kappa shape index (κ1) is 7.80. The Bertz CT molecular complexity index is 422. The summed E-state index contributed by atoms with van der Waals surface area (Å²) in [6.45, 7) is 0. The van der Waals surface area contributed by atoms with Gasteiger partial charge < -0.3 is 10.1 Å². The van der Waals surface area contributed by atoms with Gasteiger partial charge in [-0.1, -0.05) is 0 Å². The third-order valence-corrected chi connectivity index (χ3v) is 2.22. The standard InChI is InChI=1S/C5H3N5O2S/c11-10(12)5-7-1-4(13-5)9-3-6-2-8-9/h1-3H. The van der Waals surface area contributed by atoms with Crippen molar-refractivity contribution in [3.8, 4) is 5.00 Å². The molecule has 0 aliphatic heterocycles. The zero-order valence-electron chi connectivity index (χ0n) is 6.19. The van der Waals surface area contributed by atoms with Gasteiger partial charge in [0.25, 0.3) is 0 Å². The highest BCUT2D eigenvalue weighted by molar-refractivity contribution is 7.17. The smallest absolute Gasteiger partial charge is 0.357 e. The lowest BCUT2D eigenvalue weighted by Crippen LogP contribution is -1.88. The van der Waals surface area contributed by atoms with Crippen LogP contribution in [0.1, 0.15) is 0 Å². The third kappa shape index (κ3) is 1.38. The maximum absolute atomic E-state index is 10.3. The van der Waals surface area contributed by atoms with Crippen LogP contribution in [0.4, 0.5) is 5.13 Å². The molecule has 0 spiro atoms. The molecule has 66 valence electrons. The summed E-state index contributed by atoms with van der Waals surface area (Å²) in [7, 11) is 0. The number of hydrogen-bond acceptors (Lipinski definition) is 6. The highest BCUT2D eigenvalue weighted by Gasteiger charge is 2.13. The van der Waals surface area contributed by atoms with Gasteiger partial charge in [-0.05, 0) is 21.2 Å². The minimum absolute atomic E-state index is 0.148. The van der Waals surface area contributed by atoms with Gasteiger partial charge in [0.2, 0.25) is 0 Å². The Morgan fingerprint density at radius 1 is 1.62 bits per heavy atom. The fraction of sp³-hybridized carbons (Fsp3) is 0. The summed E-state index contributed by atoms with van der Waals surface area (Å²) in [4.78, 5) is 17.1. The molecule has 0 aliphatic rings. The van der Waals surface area contributed by atoms with E-state index < -0.39 is 4.92 Å². The minimum Gasteiger partial charge on any atom is -0.357 e. The van der Waals surface area contributed by atoms with E-state index in [4.69, 9.17) is 0 Å². The van der Waals surface area contributed by atoms with Crippen molar-refractivity contribution in [2.75, 3.05) is 0 Å². The van der Waals surface area contributed by atoms with E-state index in [9.17, 15) is 10.1 Å². The molecule has 0 saturated carbocycles. The molecule has 0 aromatic carbocycles. The minimum atomic E-state index is -0.537. The van der Waals surface area contributed by atoms with Gasteiger partial charge >= 0.3 is 5.13 Å². The van der Waals surface area contributed by atoms with Gasteiger partial charge in [0.15, 0.2) is 11.2 Å². The molecule has 0 aliphatic carbocycles. The Morgan fingerprint density at radius 2 is 2.46 bits per heavy atom. The monoisotopic (exact) mass is 197 g/mol. The Balaban J connectivity index is 2.39. The van der Waals surface area contributed by atoms with E-state index in [1.54, 1.807) is 0 Å². The van der Waals surface area contributed by atoms with Crippen molar-refractivity contribution < 1.29 is 4.92 Å². The Morgan fingerprint density at radius 3 is 3.00 bits per heavy atom. The molecule has 0 amide bonds. The lowest BCUT2D eigenvalue weighted by Gasteiger charge is -1.87. The molecule has 0 saturated heterocycles. The molecule has 7 nitrogen and oxygen atoms in total. The van der Waals surface area contributed by atoms with Crippen LogP contribution in [0, 0.1) is 10.1 Å². The van der Waals surface area contributed by atoms with Gasteiger partial charge in [-0.25, -0.2) is 9.67 Å². The second-order valence-corrected chi connectivity index (χ2v) is 3.07. The molecule has 2 heterocycles. The summed E-state index contributed by atoms with van der Waals surface area (Å²) in [5, 5.41) is 14.5. The summed E-state index contributed by atoms with van der Waals surface area (Å²) in [5.41, 5.74) is 0. The molecule has 0 radical (unpaired) electrons. The molecule has 0 N–H and O–H groups in total. The van der Waals surface area contributed by atoms with Crippen LogP contribution in [0.2, 0.25) is 0 Å². The van der Waals surface area contributed by atoms with Gasteiger partial charge in [0.1, 0.15) is 12.7 Å². The molecule has 2 aromatic rings. The summed E-state index contributed by atoms with van der Waals surface area (Å²) < 4.78 is 1.42. The van der Waals surface area contributed by atoms with Crippen LogP contribution in [-0.2, 0) is 0 Å². The van der Waals surface area contributed by atoms with Crippen molar-refractivity contribution in [3.63, 3.8) is 0 Å². The first-order chi connectivity index (χ1) is 6.27. The van der Waals surface area contributed by atoms with Crippen LogP contribution in [-0.4, -0.2) is 24.7 Å². The van der Waals surface area contributed by atoms with Crippen LogP contribution in [0.3, 0.4) is 0 Å². The van der Waals surface area contributed by atoms with Gasteiger partial charge in [0, 0.05) is 0 Å². The van der Waals surface area contributed by atoms with E-state index in [2.05, 4.69) is 15.1 Å². The topological polar surface area (TPSA) is 86.7 Å². The fourth-order valence-electron chi connectivity index (χ4n) is 0.769. The van der Waals surface area contributed by atoms with E-state index in [-0.39, 0.29) is 5.13 Å². The first-order valence-corrected chi connectivity index (χ1v) is 4.04. The molecular weight excluding hydrogens is 194 g/mol. The molecule has 8 heteroatoms. The van der Waals surface area contributed by atoms with Crippen LogP contribution in [0.25, 0.3) is 5.00 Å². The lowest BCUT2D eigenvalue weighted by molar-refractivity contribution is -0.384. The maximum Gasteiger partial charge on any atom is 0.425 e. The quantitative estimate of drug-likeness (QED) is 0.520. The highest BCUT2D eigenvalue weighted by atomic mass is 32.1. The van der Waals surface area contributed by atoms with E-state index in [1.807, 2.05) is 0 Å². The number of nitrogens with zero attached hydrogens (tertiary/aromatic N) is 5. The third-order valence-electron chi connectivity index (χ3n) is 1.28. The second kappa shape index (κ2) is 2.90. The van der Waals surface area contributed by atoms with Crippen LogP contribution in [0.15, 0.2) is 18.9 Å². The van der Waals surface area contributed by atoms with E-state index >= 15 is 0 Å². The molecule has 0 fully saturated rings. The molecule has 0 bridgehead atoms. The number of rotatable bonds is 2. The largest absolute Gasteiger partial charge is 0.425 e. The van der Waals surface area contributed by atoms with Crippen molar-refractivity contribution in [1.82, 2.24) is 19.7 Å². The van der Waals surface area contributed by atoms with Crippen molar-refractivity contribution in [2.24, 2.45) is 0 Å². The van der Waals surface area contributed by atoms with Crippen LogP contribution >= 0.6 is 11.3 Å². The van der Waals surface area contributed by atoms with E-state index in [0.717, 1.165) is 11.3 Å². The fourth-order valence-corrected chi connectivity index (χ4v) is 1.43. The lowest BCUT2D eigenvalue weighted by atomic mass is 10.8. The van der Waals surface area contributed by atoms with E-state index in [0.29, 0.717) is 5.00 Å². The molecular formula is C5H3N5O2S. The van der Waals surface area contributed by atoms with Crippen LogP contribution in [0.5, 0.6) is 0 Å². The van der Waals surface area contributed by atoms with Crippen molar-refractivity contribution in [2.45, 2.75) is 0 Å². The summed E-state index contributed by atoms with van der Waals surface area (Å²) >= 11 is 0.949. The zero-order chi connectivity index (χ0) is 9.26. The Kier molecular flexibility index (Phi) is 1.74. The maximum atomic E-state index is 10.3. The number of thiazole rings is 1. The predicted molar refractivity (Wildman–Crippen MR) is 43.7 cm³/mol. The average Bonchev–Trinajstić information content (AvgIpc) is 2.75. The predicted octanol–water partition coefficient (Wildman–Crippen LogP) is 0.632. The Hall–Kier alpha value is -1.83. The summed E-state index contributed by atoms with van der Waals surface area (Å²) in [6, 6.07) is 0. The highest BCUT2D eigenvalue weighted by Crippen LogP contribution is 2.22. The first-order valence-electron chi connectivity index (χ1n) is 3.22. The van der Waals surface area contributed by atoms with Gasteiger partial charge in [-0.15, -0.1) is 0 Å². The van der Waals surface area contributed by atoms with Gasteiger partial charge in [-0.3, -0.25) is 0 Å². The number of nitro groups is 1. The molecule has 2 rings (SSSR count). The van der Waals surface area contributed by atoms with Crippen molar-refractivity contribution in [3.05, 3.63) is 29.0 Å². The zero-order valence-corrected chi connectivity index (χ0v) is 7.01. The number of hydrogen-bond donors (Lipinski definition) is 0. The molecule has 0 atom stereocenters. The Labute approximate surface area is 75.8 Å². The molecule has 0 unspecified atom stereocenters. The van der Waals surface area contributed by atoms with Gasteiger partial charge in [-0.2, -0.15) is 5.10 Å². The van der Waals surface area contributed by atoms with Crippen molar-refractivity contribution in [1.29, 1.82) is 0 Å².